The van der Waals surface area contributed by atoms with Crippen LogP contribution in [0.1, 0.15) is 19.8 Å². The van der Waals surface area contributed by atoms with Gasteiger partial charge in [-0.25, -0.2) is 8.42 Å². The molecule has 0 saturated carbocycles. The Kier molecular flexibility index (Phi) is 5.42. The average Bonchev–Trinajstić information content (AvgIpc) is 2.25. The first-order chi connectivity index (χ1) is 8.99. The first-order valence-corrected chi connectivity index (χ1v) is 8.33. The first-order valence-electron chi connectivity index (χ1n) is 6.27. The van der Waals surface area contributed by atoms with Gasteiger partial charge in [0.05, 0.1) is 17.7 Å². The normalized spacial score (nSPS) is 26.1. The standard InChI is InChI=1S/C11H19F3N2O3S/c1-7(6-20(2,18)19)16-10(17)9-4-3-8(5-15-9)11(12,13)14/h7-9,15H,3-6H2,1-2H3,(H,16,17). The molecule has 0 aromatic carbocycles. The third-order valence-electron chi connectivity index (χ3n) is 3.14. The lowest BCUT2D eigenvalue weighted by molar-refractivity contribution is -0.180. The topological polar surface area (TPSA) is 75.3 Å². The summed E-state index contributed by atoms with van der Waals surface area (Å²) in [5.74, 6) is -2.09. The van der Waals surface area contributed by atoms with Gasteiger partial charge in [-0.3, -0.25) is 4.79 Å². The molecule has 0 aliphatic carbocycles. The molecule has 0 aromatic rings. The zero-order valence-corrected chi connectivity index (χ0v) is 12.1. The molecular formula is C11H19F3N2O3S. The minimum atomic E-state index is -4.25. The van der Waals surface area contributed by atoms with Crippen LogP contribution in [0.3, 0.4) is 0 Å². The van der Waals surface area contributed by atoms with Crippen molar-refractivity contribution in [1.82, 2.24) is 10.6 Å². The fraction of sp³-hybridized carbons (Fsp3) is 0.909. The van der Waals surface area contributed by atoms with Gasteiger partial charge in [-0.1, -0.05) is 0 Å². The van der Waals surface area contributed by atoms with E-state index in [1.165, 1.54) is 0 Å². The summed E-state index contributed by atoms with van der Waals surface area (Å²) in [5.41, 5.74) is 0. The Morgan fingerprint density at radius 1 is 1.40 bits per heavy atom. The predicted molar refractivity (Wildman–Crippen MR) is 67.9 cm³/mol. The lowest BCUT2D eigenvalue weighted by atomic mass is 9.94. The summed E-state index contributed by atoms with van der Waals surface area (Å²) in [5, 5.41) is 5.06. The largest absolute Gasteiger partial charge is 0.393 e. The number of hydrogen-bond donors (Lipinski definition) is 2. The monoisotopic (exact) mass is 316 g/mol. The molecule has 118 valence electrons. The molecule has 1 heterocycles. The summed E-state index contributed by atoms with van der Waals surface area (Å²) < 4.78 is 59.5. The van der Waals surface area contributed by atoms with E-state index in [1.807, 2.05) is 0 Å². The van der Waals surface area contributed by atoms with E-state index in [9.17, 15) is 26.4 Å². The number of halogens is 3. The maximum atomic E-state index is 12.5. The van der Waals surface area contributed by atoms with Crippen LogP contribution in [-0.2, 0) is 14.6 Å². The van der Waals surface area contributed by atoms with E-state index in [-0.39, 0.29) is 25.1 Å². The van der Waals surface area contributed by atoms with Crippen LogP contribution in [0.5, 0.6) is 0 Å². The Morgan fingerprint density at radius 3 is 2.40 bits per heavy atom. The highest BCUT2D eigenvalue weighted by atomic mass is 32.2. The Morgan fingerprint density at radius 2 is 2.00 bits per heavy atom. The molecule has 0 spiro atoms. The van der Waals surface area contributed by atoms with Gasteiger partial charge in [-0.05, 0) is 19.8 Å². The van der Waals surface area contributed by atoms with Gasteiger partial charge < -0.3 is 10.6 Å². The fourth-order valence-electron chi connectivity index (χ4n) is 2.20. The highest BCUT2D eigenvalue weighted by Gasteiger charge is 2.42. The molecule has 1 saturated heterocycles. The SMILES string of the molecule is CC(CS(C)(=O)=O)NC(=O)C1CCC(C(F)(F)F)CN1. The van der Waals surface area contributed by atoms with Crippen LogP contribution in [0.4, 0.5) is 13.2 Å². The first kappa shape index (κ1) is 17.2. The minimum absolute atomic E-state index is 0.0849. The predicted octanol–water partition coefficient (Wildman–Crippen LogP) is 0.466. The zero-order valence-electron chi connectivity index (χ0n) is 11.3. The van der Waals surface area contributed by atoms with E-state index in [0.717, 1.165) is 6.26 Å². The van der Waals surface area contributed by atoms with Crippen LogP contribution >= 0.6 is 0 Å². The molecular weight excluding hydrogens is 297 g/mol. The van der Waals surface area contributed by atoms with Gasteiger partial charge in [0.1, 0.15) is 9.84 Å². The molecule has 3 atom stereocenters. The van der Waals surface area contributed by atoms with Crippen LogP contribution in [0.25, 0.3) is 0 Å². The van der Waals surface area contributed by atoms with Gasteiger partial charge in [0, 0.05) is 18.8 Å². The van der Waals surface area contributed by atoms with Crippen LogP contribution < -0.4 is 10.6 Å². The van der Waals surface area contributed by atoms with Gasteiger partial charge >= 0.3 is 6.18 Å². The van der Waals surface area contributed by atoms with E-state index in [2.05, 4.69) is 10.6 Å². The number of nitrogens with one attached hydrogen (secondary N) is 2. The maximum absolute atomic E-state index is 12.5. The third-order valence-corrected chi connectivity index (χ3v) is 4.24. The van der Waals surface area contributed by atoms with Crippen LogP contribution in [-0.4, -0.2) is 51.1 Å². The lowest BCUT2D eigenvalue weighted by Crippen LogP contribution is -2.53. The van der Waals surface area contributed by atoms with Crippen LogP contribution in [0, 0.1) is 5.92 Å². The van der Waals surface area contributed by atoms with Crippen molar-refractivity contribution in [1.29, 1.82) is 0 Å². The molecule has 1 rings (SSSR count). The van der Waals surface area contributed by atoms with Crippen molar-refractivity contribution in [3.05, 3.63) is 0 Å². The molecule has 0 bridgehead atoms. The van der Waals surface area contributed by atoms with Gasteiger partial charge in [-0.15, -0.1) is 0 Å². The number of amides is 1. The molecule has 1 aliphatic heterocycles. The van der Waals surface area contributed by atoms with Gasteiger partial charge in [-0.2, -0.15) is 13.2 Å². The number of carbonyl (C=O) groups excluding carboxylic acids is 1. The Balaban J connectivity index is 2.44. The van der Waals surface area contributed by atoms with E-state index in [4.69, 9.17) is 0 Å². The summed E-state index contributed by atoms with van der Waals surface area (Å²) in [6.07, 6.45) is -3.21. The molecule has 1 aliphatic rings. The number of sulfone groups is 1. The van der Waals surface area contributed by atoms with Crippen molar-refractivity contribution in [2.75, 3.05) is 18.6 Å². The molecule has 5 nitrogen and oxygen atoms in total. The molecule has 3 unspecified atom stereocenters. The van der Waals surface area contributed by atoms with E-state index in [0.29, 0.717) is 0 Å². The van der Waals surface area contributed by atoms with E-state index in [1.54, 1.807) is 6.92 Å². The third kappa shape index (κ3) is 5.66. The highest BCUT2D eigenvalue weighted by Crippen LogP contribution is 2.31. The second-order valence-corrected chi connectivity index (χ2v) is 7.46. The fourth-order valence-corrected chi connectivity index (χ4v) is 3.19. The summed E-state index contributed by atoms with van der Waals surface area (Å²) in [6.45, 7) is 1.25. The minimum Gasteiger partial charge on any atom is -0.351 e. The van der Waals surface area contributed by atoms with Crippen LogP contribution in [0.15, 0.2) is 0 Å². The second kappa shape index (κ2) is 6.30. The average molecular weight is 316 g/mol. The van der Waals surface area contributed by atoms with Crippen LogP contribution in [0.2, 0.25) is 0 Å². The highest BCUT2D eigenvalue weighted by molar-refractivity contribution is 7.90. The van der Waals surface area contributed by atoms with Crippen molar-refractivity contribution >= 4 is 15.7 Å². The molecule has 2 N–H and O–H groups in total. The van der Waals surface area contributed by atoms with Crippen molar-refractivity contribution in [3.8, 4) is 0 Å². The van der Waals surface area contributed by atoms with Crippen molar-refractivity contribution in [2.24, 2.45) is 5.92 Å². The molecule has 9 heteroatoms. The number of carbonyl (C=O) groups is 1. The quantitative estimate of drug-likeness (QED) is 0.790. The Labute approximate surface area is 116 Å². The maximum Gasteiger partial charge on any atom is 0.393 e. The number of rotatable bonds is 4. The van der Waals surface area contributed by atoms with E-state index >= 15 is 0 Å². The molecule has 1 amide bonds. The molecule has 0 radical (unpaired) electrons. The summed E-state index contributed by atoms with van der Waals surface area (Å²) in [7, 11) is -3.21. The lowest BCUT2D eigenvalue weighted by Gasteiger charge is -2.30. The number of hydrogen-bond acceptors (Lipinski definition) is 4. The smallest absolute Gasteiger partial charge is 0.351 e. The van der Waals surface area contributed by atoms with Gasteiger partial charge in [0.25, 0.3) is 0 Å². The summed E-state index contributed by atoms with van der Waals surface area (Å²) in [6, 6.07) is -1.27. The summed E-state index contributed by atoms with van der Waals surface area (Å²) in [4.78, 5) is 11.8. The van der Waals surface area contributed by atoms with Crippen molar-refractivity contribution < 1.29 is 26.4 Å². The number of piperidine rings is 1. The Hall–Kier alpha value is -0.830. The molecule has 1 fully saturated rings. The Bertz CT molecular complexity index is 442. The number of alkyl halides is 3. The zero-order chi connectivity index (χ0) is 15.6. The van der Waals surface area contributed by atoms with E-state index < -0.39 is 39.9 Å². The second-order valence-electron chi connectivity index (χ2n) is 5.28. The molecule has 20 heavy (non-hydrogen) atoms. The summed E-state index contributed by atoms with van der Waals surface area (Å²) >= 11 is 0. The van der Waals surface area contributed by atoms with Gasteiger partial charge in [0.15, 0.2) is 0 Å². The molecule has 0 aromatic heterocycles. The van der Waals surface area contributed by atoms with Crippen molar-refractivity contribution in [3.63, 3.8) is 0 Å². The van der Waals surface area contributed by atoms with Crippen molar-refractivity contribution in [2.45, 2.75) is 38.0 Å². The van der Waals surface area contributed by atoms with Gasteiger partial charge in [0.2, 0.25) is 5.91 Å².